The Morgan fingerprint density at radius 3 is 2.06 bits per heavy atom. The molecule has 0 radical (unpaired) electrons. The summed E-state index contributed by atoms with van der Waals surface area (Å²) in [6.07, 6.45) is -1.68. The van der Waals surface area contributed by atoms with Crippen molar-refractivity contribution in [2.24, 2.45) is 5.41 Å². The van der Waals surface area contributed by atoms with Crippen LogP contribution in [-0.4, -0.2) is 47.9 Å². The van der Waals surface area contributed by atoms with Crippen molar-refractivity contribution in [1.29, 1.82) is 0 Å². The van der Waals surface area contributed by atoms with Gasteiger partial charge in [-0.2, -0.15) is 13.2 Å². The fraction of sp³-hybridized carbons (Fsp3) is 0.417. The van der Waals surface area contributed by atoms with Crippen LogP contribution in [-0.2, 0) is 6.18 Å². The molecule has 34 heavy (non-hydrogen) atoms. The zero-order chi connectivity index (χ0) is 24.5. The number of rotatable bonds is 2. The SMILES string of the molecule is O=C(Nc1ccc(C(F)(F)F)cc1)N1CCCC2(CCN(C(=O)c3c(F)cccc3F)CC2)C1. The number of piperidine rings is 2. The molecule has 2 aliphatic heterocycles. The Kier molecular flexibility index (Phi) is 6.51. The van der Waals surface area contributed by atoms with E-state index in [0.717, 1.165) is 37.1 Å². The number of hydrogen-bond donors (Lipinski definition) is 1. The lowest BCUT2D eigenvalue weighted by Gasteiger charge is -2.47. The summed E-state index contributed by atoms with van der Waals surface area (Å²) >= 11 is 0. The van der Waals surface area contributed by atoms with E-state index in [1.165, 1.54) is 23.1 Å². The third-order valence-electron chi connectivity index (χ3n) is 6.70. The van der Waals surface area contributed by atoms with Crippen LogP contribution in [0.2, 0.25) is 0 Å². The molecular formula is C24H24F5N3O2. The second-order valence-electron chi connectivity index (χ2n) is 8.92. The normalized spacial score (nSPS) is 18.1. The molecule has 1 spiro atoms. The van der Waals surface area contributed by atoms with Crippen molar-refractivity contribution in [3.05, 3.63) is 65.2 Å². The summed E-state index contributed by atoms with van der Waals surface area (Å²) < 4.78 is 66.2. The first-order valence-corrected chi connectivity index (χ1v) is 11.0. The molecule has 0 bridgehead atoms. The Labute approximate surface area is 193 Å². The second-order valence-corrected chi connectivity index (χ2v) is 8.92. The summed E-state index contributed by atoms with van der Waals surface area (Å²) in [5, 5.41) is 2.65. The van der Waals surface area contributed by atoms with E-state index < -0.39 is 40.9 Å². The molecule has 2 aromatic rings. The minimum atomic E-state index is -4.45. The van der Waals surface area contributed by atoms with Gasteiger partial charge in [-0.05, 0) is 67.5 Å². The largest absolute Gasteiger partial charge is 0.416 e. The average Bonchev–Trinajstić information content (AvgIpc) is 2.79. The smallest absolute Gasteiger partial charge is 0.338 e. The fourth-order valence-corrected chi connectivity index (χ4v) is 4.78. The van der Waals surface area contributed by atoms with Gasteiger partial charge in [0.15, 0.2) is 0 Å². The van der Waals surface area contributed by atoms with Crippen LogP contribution in [0, 0.1) is 17.0 Å². The predicted molar refractivity (Wildman–Crippen MR) is 115 cm³/mol. The van der Waals surface area contributed by atoms with Gasteiger partial charge in [-0.25, -0.2) is 13.6 Å². The topological polar surface area (TPSA) is 52.7 Å². The first-order valence-electron chi connectivity index (χ1n) is 11.0. The van der Waals surface area contributed by atoms with Crippen LogP contribution in [0.4, 0.5) is 32.4 Å². The highest BCUT2D eigenvalue weighted by molar-refractivity contribution is 5.95. The molecule has 0 atom stereocenters. The first kappa shape index (κ1) is 24.0. The van der Waals surface area contributed by atoms with Crippen molar-refractivity contribution in [3.8, 4) is 0 Å². The van der Waals surface area contributed by atoms with E-state index in [9.17, 15) is 31.5 Å². The Hall–Kier alpha value is -3.17. The zero-order valence-corrected chi connectivity index (χ0v) is 18.3. The number of anilines is 1. The number of carbonyl (C=O) groups is 2. The third-order valence-corrected chi connectivity index (χ3v) is 6.70. The lowest BCUT2D eigenvalue weighted by atomic mass is 9.72. The highest BCUT2D eigenvalue weighted by Gasteiger charge is 2.41. The number of halogens is 5. The number of hydrogen-bond acceptors (Lipinski definition) is 2. The van der Waals surface area contributed by atoms with Gasteiger partial charge in [-0.1, -0.05) is 6.07 Å². The van der Waals surface area contributed by atoms with Crippen molar-refractivity contribution in [3.63, 3.8) is 0 Å². The molecule has 2 aliphatic rings. The monoisotopic (exact) mass is 481 g/mol. The van der Waals surface area contributed by atoms with E-state index in [0.29, 0.717) is 39.0 Å². The summed E-state index contributed by atoms with van der Waals surface area (Å²) in [5.74, 6) is -2.47. The molecule has 4 rings (SSSR count). The highest BCUT2D eigenvalue weighted by atomic mass is 19.4. The Morgan fingerprint density at radius 2 is 1.47 bits per heavy atom. The number of alkyl halides is 3. The zero-order valence-electron chi connectivity index (χ0n) is 18.3. The third kappa shape index (κ3) is 5.00. The number of nitrogens with one attached hydrogen (secondary N) is 1. The van der Waals surface area contributed by atoms with Gasteiger partial charge in [0.25, 0.3) is 5.91 Å². The molecule has 2 saturated heterocycles. The molecule has 10 heteroatoms. The molecule has 2 fully saturated rings. The number of urea groups is 1. The number of likely N-dealkylation sites (tertiary alicyclic amines) is 2. The number of benzene rings is 2. The fourth-order valence-electron chi connectivity index (χ4n) is 4.78. The summed E-state index contributed by atoms with van der Waals surface area (Å²) in [6.45, 7) is 1.59. The first-order chi connectivity index (χ1) is 16.1. The summed E-state index contributed by atoms with van der Waals surface area (Å²) in [6, 6.07) is 7.17. The molecule has 2 heterocycles. The molecule has 0 saturated carbocycles. The van der Waals surface area contributed by atoms with Gasteiger partial charge in [-0.15, -0.1) is 0 Å². The van der Waals surface area contributed by atoms with E-state index in [1.54, 1.807) is 4.90 Å². The molecule has 0 unspecified atom stereocenters. The summed E-state index contributed by atoms with van der Waals surface area (Å²) in [7, 11) is 0. The molecule has 3 amide bonds. The van der Waals surface area contributed by atoms with Crippen molar-refractivity contribution in [2.75, 3.05) is 31.5 Å². The maximum absolute atomic E-state index is 14.0. The summed E-state index contributed by atoms with van der Waals surface area (Å²) in [4.78, 5) is 28.5. The molecule has 1 N–H and O–H groups in total. The second kappa shape index (κ2) is 9.23. The quantitative estimate of drug-likeness (QED) is 0.574. The molecule has 182 valence electrons. The van der Waals surface area contributed by atoms with Gasteiger partial charge >= 0.3 is 12.2 Å². The number of nitrogens with zero attached hydrogens (tertiary/aromatic N) is 2. The van der Waals surface area contributed by atoms with Gasteiger partial charge in [-0.3, -0.25) is 4.79 Å². The van der Waals surface area contributed by atoms with Gasteiger partial charge in [0.1, 0.15) is 17.2 Å². The maximum Gasteiger partial charge on any atom is 0.416 e. The Morgan fingerprint density at radius 1 is 0.853 bits per heavy atom. The van der Waals surface area contributed by atoms with Crippen molar-refractivity contribution in [2.45, 2.75) is 31.9 Å². The minimum Gasteiger partial charge on any atom is -0.338 e. The predicted octanol–water partition coefficient (Wildman–Crippen LogP) is 5.53. The molecule has 5 nitrogen and oxygen atoms in total. The van der Waals surface area contributed by atoms with Crippen LogP contribution in [0.1, 0.15) is 41.6 Å². The van der Waals surface area contributed by atoms with E-state index >= 15 is 0 Å². The van der Waals surface area contributed by atoms with Gasteiger partial charge in [0, 0.05) is 31.9 Å². The van der Waals surface area contributed by atoms with Crippen molar-refractivity contribution < 1.29 is 31.5 Å². The van der Waals surface area contributed by atoms with Gasteiger partial charge in [0.05, 0.1) is 5.56 Å². The lowest BCUT2D eigenvalue weighted by Crippen LogP contribution is -2.52. The van der Waals surface area contributed by atoms with E-state index in [4.69, 9.17) is 0 Å². The number of amides is 3. The molecule has 0 aromatic heterocycles. The standard InChI is InChI=1S/C24H24F5N3O2/c25-18-3-1-4-19(26)20(18)21(33)31-13-10-23(11-14-31)9-2-12-32(15-23)22(34)30-17-7-5-16(6-8-17)24(27,28)29/h1,3-8H,2,9-15H2,(H,30,34). The van der Waals surface area contributed by atoms with Crippen LogP contribution < -0.4 is 5.32 Å². The molecular weight excluding hydrogens is 457 g/mol. The maximum atomic E-state index is 14.0. The average molecular weight is 481 g/mol. The molecule has 2 aromatic carbocycles. The summed E-state index contributed by atoms with van der Waals surface area (Å²) in [5.41, 5.74) is -1.30. The van der Waals surface area contributed by atoms with Gasteiger partial charge in [0.2, 0.25) is 0 Å². The minimum absolute atomic E-state index is 0.222. The highest BCUT2D eigenvalue weighted by Crippen LogP contribution is 2.40. The van der Waals surface area contributed by atoms with Crippen molar-refractivity contribution in [1.82, 2.24) is 9.80 Å². The van der Waals surface area contributed by atoms with Gasteiger partial charge < -0.3 is 15.1 Å². The van der Waals surface area contributed by atoms with Crippen LogP contribution in [0.5, 0.6) is 0 Å². The van der Waals surface area contributed by atoms with Crippen LogP contribution in [0.25, 0.3) is 0 Å². The van der Waals surface area contributed by atoms with Crippen molar-refractivity contribution >= 4 is 17.6 Å². The van der Waals surface area contributed by atoms with E-state index in [1.807, 2.05) is 0 Å². The van der Waals surface area contributed by atoms with Crippen LogP contribution >= 0.6 is 0 Å². The lowest BCUT2D eigenvalue weighted by molar-refractivity contribution is -0.137. The van der Waals surface area contributed by atoms with E-state index in [-0.39, 0.29) is 11.1 Å². The van der Waals surface area contributed by atoms with Crippen LogP contribution in [0.3, 0.4) is 0 Å². The van der Waals surface area contributed by atoms with Crippen LogP contribution in [0.15, 0.2) is 42.5 Å². The Balaban J connectivity index is 1.36. The van der Waals surface area contributed by atoms with E-state index in [2.05, 4.69) is 5.32 Å². The number of carbonyl (C=O) groups excluding carboxylic acids is 2. The Bertz CT molecular complexity index is 1040. The molecule has 0 aliphatic carbocycles.